The average Bonchev–Trinajstić information content (AvgIpc) is 3.21. The number of anilines is 1. The number of imide groups is 1. The number of benzene rings is 1. The largest absolute Gasteiger partial charge is 0.466 e. The molecular formula is C18H18N4O5S. The van der Waals surface area contributed by atoms with Crippen LogP contribution >= 0.6 is 11.3 Å². The second-order valence-corrected chi connectivity index (χ2v) is 6.75. The number of ether oxygens (including phenoxy) is 1. The van der Waals surface area contributed by atoms with Gasteiger partial charge in [0.15, 0.2) is 5.13 Å². The number of amides is 4. The fraction of sp³-hybridized carbons (Fsp3) is 0.278. The third kappa shape index (κ3) is 4.52. The van der Waals surface area contributed by atoms with E-state index in [1.807, 2.05) is 0 Å². The van der Waals surface area contributed by atoms with Gasteiger partial charge in [0.05, 0.1) is 18.7 Å². The van der Waals surface area contributed by atoms with Crippen molar-refractivity contribution in [1.29, 1.82) is 0 Å². The van der Waals surface area contributed by atoms with Crippen LogP contribution < -0.4 is 10.6 Å². The van der Waals surface area contributed by atoms with Gasteiger partial charge >= 0.3 is 12.0 Å². The summed E-state index contributed by atoms with van der Waals surface area (Å²) in [5.41, 5.74) is 1.12. The summed E-state index contributed by atoms with van der Waals surface area (Å²) < 4.78 is 4.84. The lowest BCUT2D eigenvalue weighted by atomic mass is 10.1. The molecule has 2 N–H and O–H groups in total. The van der Waals surface area contributed by atoms with Gasteiger partial charge in [-0.1, -0.05) is 30.3 Å². The number of thiazole rings is 1. The first-order valence-electron chi connectivity index (χ1n) is 8.54. The number of urea groups is 1. The van der Waals surface area contributed by atoms with Gasteiger partial charge in [-0.2, -0.15) is 0 Å². The van der Waals surface area contributed by atoms with E-state index in [4.69, 9.17) is 4.74 Å². The molecule has 1 atom stereocenters. The molecule has 146 valence electrons. The highest BCUT2D eigenvalue weighted by Crippen LogP contribution is 2.22. The molecule has 28 heavy (non-hydrogen) atoms. The molecule has 1 aliphatic rings. The molecule has 0 spiro atoms. The third-order valence-corrected chi connectivity index (χ3v) is 4.70. The SMILES string of the molecule is CCOC(=O)Cc1csc(NC(=O)CN2C(=O)NC(c3ccccc3)C2=O)n1. The predicted molar refractivity (Wildman–Crippen MR) is 101 cm³/mol. The first kappa shape index (κ1) is 19.5. The van der Waals surface area contributed by atoms with Crippen molar-refractivity contribution in [3.8, 4) is 0 Å². The number of hydrogen-bond donors (Lipinski definition) is 2. The quantitative estimate of drug-likeness (QED) is 0.535. The van der Waals surface area contributed by atoms with Crippen molar-refractivity contribution in [1.82, 2.24) is 15.2 Å². The number of carbonyl (C=O) groups is 4. The molecule has 1 aliphatic heterocycles. The highest BCUT2D eigenvalue weighted by molar-refractivity contribution is 7.13. The molecule has 9 nitrogen and oxygen atoms in total. The Morgan fingerprint density at radius 2 is 2.04 bits per heavy atom. The zero-order valence-electron chi connectivity index (χ0n) is 15.0. The number of aromatic nitrogens is 1. The third-order valence-electron chi connectivity index (χ3n) is 3.89. The Labute approximate surface area is 164 Å². The van der Waals surface area contributed by atoms with Gasteiger partial charge in [0.1, 0.15) is 12.6 Å². The van der Waals surface area contributed by atoms with Gasteiger partial charge < -0.3 is 15.4 Å². The van der Waals surface area contributed by atoms with Crippen LogP contribution in [0.4, 0.5) is 9.93 Å². The monoisotopic (exact) mass is 402 g/mol. The maximum Gasteiger partial charge on any atom is 0.325 e. The van der Waals surface area contributed by atoms with Crippen molar-refractivity contribution in [2.75, 3.05) is 18.5 Å². The van der Waals surface area contributed by atoms with Crippen LogP contribution in [0.5, 0.6) is 0 Å². The van der Waals surface area contributed by atoms with Crippen LogP contribution in [-0.4, -0.2) is 46.9 Å². The van der Waals surface area contributed by atoms with E-state index in [-0.39, 0.29) is 18.2 Å². The number of carbonyl (C=O) groups excluding carboxylic acids is 4. The summed E-state index contributed by atoms with van der Waals surface area (Å²) in [5, 5.41) is 7.01. The number of esters is 1. The van der Waals surface area contributed by atoms with E-state index in [0.29, 0.717) is 11.3 Å². The minimum Gasteiger partial charge on any atom is -0.466 e. The van der Waals surface area contributed by atoms with Crippen LogP contribution in [0.25, 0.3) is 0 Å². The van der Waals surface area contributed by atoms with Gasteiger partial charge in [-0.3, -0.25) is 19.3 Å². The fourth-order valence-electron chi connectivity index (χ4n) is 2.65. The average molecular weight is 402 g/mol. The first-order chi connectivity index (χ1) is 13.5. The Hall–Kier alpha value is -3.27. The van der Waals surface area contributed by atoms with Crippen LogP contribution in [0, 0.1) is 0 Å². The van der Waals surface area contributed by atoms with Gasteiger partial charge in [-0.05, 0) is 12.5 Å². The molecule has 1 fully saturated rings. The Morgan fingerprint density at radius 3 is 2.75 bits per heavy atom. The predicted octanol–water partition coefficient (Wildman–Crippen LogP) is 1.48. The summed E-state index contributed by atoms with van der Waals surface area (Å²) in [6, 6.07) is 7.36. The summed E-state index contributed by atoms with van der Waals surface area (Å²) in [6.45, 7) is 1.56. The number of nitrogens with zero attached hydrogens (tertiary/aromatic N) is 2. The molecule has 10 heteroatoms. The summed E-state index contributed by atoms with van der Waals surface area (Å²) in [4.78, 5) is 53.3. The second kappa shape index (κ2) is 8.61. The Bertz CT molecular complexity index is 898. The van der Waals surface area contributed by atoms with E-state index < -0.39 is 36.4 Å². The summed E-state index contributed by atoms with van der Waals surface area (Å²) in [5.74, 6) is -1.46. The molecule has 1 unspecified atom stereocenters. The van der Waals surface area contributed by atoms with Gasteiger partial charge in [0, 0.05) is 5.38 Å². The molecule has 3 rings (SSSR count). The minimum atomic E-state index is -0.808. The maximum absolute atomic E-state index is 12.5. The molecule has 0 radical (unpaired) electrons. The van der Waals surface area contributed by atoms with E-state index in [1.54, 1.807) is 42.6 Å². The van der Waals surface area contributed by atoms with Crippen molar-refractivity contribution >= 4 is 40.3 Å². The number of rotatable bonds is 7. The number of hydrogen-bond acceptors (Lipinski definition) is 7. The molecule has 4 amide bonds. The Balaban J connectivity index is 1.58. The lowest BCUT2D eigenvalue weighted by Gasteiger charge is -2.12. The smallest absolute Gasteiger partial charge is 0.325 e. The van der Waals surface area contributed by atoms with E-state index in [9.17, 15) is 19.2 Å². The van der Waals surface area contributed by atoms with Crippen LogP contribution in [0.15, 0.2) is 35.7 Å². The van der Waals surface area contributed by atoms with E-state index in [1.165, 1.54) is 0 Å². The Kier molecular flexibility index (Phi) is 5.99. The fourth-order valence-corrected chi connectivity index (χ4v) is 3.37. The zero-order chi connectivity index (χ0) is 20.1. The standard InChI is InChI=1S/C18H18N4O5S/c1-2-27-14(24)8-12-10-28-17(19-12)20-13(23)9-22-16(25)15(21-18(22)26)11-6-4-3-5-7-11/h3-7,10,15H,2,8-9H2,1H3,(H,21,26)(H,19,20,23). The van der Waals surface area contributed by atoms with Crippen molar-refractivity contribution in [3.05, 3.63) is 47.0 Å². The first-order valence-corrected chi connectivity index (χ1v) is 9.42. The van der Waals surface area contributed by atoms with Crippen LogP contribution in [-0.2, 0) is 25.5 Å². The van der Waals surface area contributed by atoms with Gasteiger partial charge in [-0.15, -0.1) is 11.3 Å². The summed E-state index contributed by atoms with van der Waals surface area (Å²) >= 11 is 1.14. The molecule has 1 saturated heterocycles. The highest BCUT2D eigenvalue weighted by atomic mass is 32.1. The number of nitrogens with one attached hydrogen (secondary N) is 2. The van der Waals surface area contributed by atoms with Gasteiger partial charge in [-0.25, -0.2) is 9.78 Å². The molecule has 1 aromatic carbocycles. The normalized spacial score (nSPS) is 16.0. The van der Waals surface area contributed by atoms with E-state index in [2.05, 4.69) is 15.6 Å². The topological polar surface area (TPSA) is 118 Å². The molecule has 1 aromatic heterocycles. The van der Waals surface area contributed by atoms with Crippen LogP contribution in [0.1, 0.15) is 24.2 Å². The molecule has 2 heterocycles. The summed E-state index contributed by atoms with van der Waals surface area (Å²) in [6.07, 6.45) is 0.00594. The lowest BCUT2D eigenvalue weighted by molar-refractivity contribution is -0.142. The molecule has 2 aromatic rings. The van der Waals surface area contributed by atoms with Gasteiger partial charge in [0.2, 0.25) is 5.91 Å². The van der Waals surface area contributed by atoms with Gasteiger partial charge in [0.25, 0.3) is 5.91 Å². The van der Waals surface area contributed by atoms with Crippen LogP contribution in [0.3, 0.4) is 0 Å². The van der Waals surface area contributed by atoms with E-state index in [0.717, 1.165) is 16.2 Å². The van der Waals surface area contributed by atoms with Crippen molar-refractivity contribution < 1.29 is 23.9 Å². The van der Waals surface area contributed by atoms with Crippen molar-refractivity contribution in [2.24, 2.45) is 0 Å². The van der Waals surface area contributed by atoms with E-state index >= 15 is 0 Å². The highest BCUT2D eigenvalue weighted by Gasteiger charge is 2.39. The molecule has 0 saturated carbocycles. The molecule has 0 aliphatic carbocycles. The minimum absolute atomic E-state index is 0.00594. The van der Waals surface area contributed by atoms with Crippen LogP contribution in [0.2, 0.25) is 0 Å². The van der Waals surface area contributed by atoms with Crippen molar-refractivity contribution in [2.45, 2.75) is 19.4 Å². The van der Waals surface area contributed by atoms with Crippen molar-refractivity contribution in [3.63, 3.8) is 0 Å². The lowest BCUT2D eigenvalue weighted by Crippen LogP contribution is -2.38. The Morgan fingerprint density at radius 1 is 1.29 bits per heavy atom. The maximum atomic E-state index is 12.5. The molecule has 0 bridgehead atoms. The summed E-state index contributed by atoms with van der Waals surface area (Å²) in [7, 11) is 0. The molecular weight excluding hydrogens is 384 g/mol. The zero-order valence-corrected chi connectivity index (χ0v) is 15.8. The second-order valence-electron chi connectivity index (χ2n) is 5.89.